The Kier molecular flexibility index (Phi) is 3.92. The summed E-state index contributed by atoms with van der Waals surface area (Å²) >= 11 is 11.8. The summed E-state index contributed by atoms with van der Waals surface area (Å²) in [6.07, 6.45) is 2.70. The number of halogens is 2. The van der Waals surface area contributed by atoms with Crippen molar-refractivity contribution in [3.05, 3.63) is 46.2 Å². The van der Waals surface area contributed by atoms with Gasteiger partial charge in [0.15, 0.2) is 0 Å². The second-order valence-corrected chi connectivity index (χ2v) is 4.65. The number of hydrogen-bond acceptors (Lipinski definition) is 2. The Morgan fingerprint density at radius 3 is 2.53 bits per heavy atom. The number of aromatic nitrogens is 2. The van der Waals surface area contributed by atoms with Crippen molar-refractivity contribution in [2.75, 3.05) is 11.9 Å². The van der Waals surface area contributed by atoms with Gasteiger partial charge in [-0.1, -0.05) is 23.2 Å². The van der Waals surface area contributed by atoms with Crippen molar-refractivity contribution in [1.82, 2.24) is 9.78 Å². The molecule has 1 aromatic heterocycles. The second kappa shape index (κ2) is 5.43. The van der Waals surface area contributed by atoms with Gasteiger partial charge in [0.2, 0.25) is 0 Å². The summed E-state index contributed by atoms with van der Waals surface area (Å²) in [5.41, 5.74) is 2.12. The minimum absolute atomic E-state index is 0.639. The summed E-state index contributed by atoms with van der Waals surface area (Å²) in [7, 11) is 1.94. The molecule has 0 aliphatic rings. The van der Waals surface area contributed by atoms with Crippen LogP contribution in [0.2, 0.25) is 10.0 Å². The van der Waals surface area contributed by atoms with Crippen molar-refractivity contribution in [1.29, 1.82) is 0 Å². The van der Waals surface area contributed by atoms with E-state index in [9.17, 15) is 0 Å². The predicted molar refractivity (Wildman–Crippen MR) is 71.9 cm³/mol. The van der Waals surface area contributed by atoms with Crippen molar-refractivity contribution in [2.24, 2.45) is 7.05 Å². The van der Waals surface area contributed by atoms with Crippen LogP contribution in [0.15, 0.2) is 30.5 Å². The van der Waals surface area contributed by atoms with Crippen molar-refractivity contribution >= 4 is 28.9 Å². The summed E-state index contributed by atoms with van der Waals surface area (Å²) in [5, 5.41) is 8.68. The maximum absolute atomic E-state index is 5.92. The molecule has 2 aromatic rings. The average Bonchev–Trinajstić information content (AvgIpc) is 2.63. The SMILES string of the molecule is Cn1nccc1CCNc1cc(Cl)cc(Cl)c1. The van der Waals surface area contributed by atoms with E-state index >= 15 is 0 Å². The molecule has 0 radical (unpaired) electrons. The van der Waals surface area contributed by atoms with Crippen LogP contribution in [0, 0.1) is 0 Å². The van der Waals surface area contributed by atoms with E-state index in [-0.39, 0.29) is 0 Å². The van der Waals surface area contributed by atoms with E-state index in [4.69, 9.17) is 23.2 Å². The molecule has 3 nitrogen and oxygen atoms in total. The van der Waals surface area contributed by atoms with E-state index in [0.29, 0.717) is 10.0 Å². The number of rotatable bonds is 4. The number of nitrogens with zero attached hydrogens (tertiary/aromatic N) is 2. The molecule has 1 aromatic carbocycles. The predicted octanol–water partition coefficient (Wildman–Crippen LogP) is 3.38. The Balaban J connectivity index is 1.92. The third-order valence-electron chi connectivity index (χ3n) is 2.50. The Labute approximate surface area is 110 Å². The molecule has 1 N–H and O–H groups in total. The largest absolute Gasteiger partial charge is 0.385 e. The first-order valence-corrected chi connectivity index (χ1v) is 6.07. The molecule has 90 valence electrons. The average molecular weight is 270 g/mol. The monoisotopic (exact) mass is 269 g/mol. The van der Waals surface area contributed by atoms with Crippen molar-refractivity contribution < 1.29 is 0 Å². The molecule has 0 atom stereocenters. The van der Waals surface area contributed by atoms with Gasteiger partial charge in [-0.05, 0) is 24.3 Å². The fourth-order valence-electron chi connectivity index (χ4n) is 1.64. The van der Waals surface area contributed by atoms with Crippen LogP contribution in [0.4, 0.5) is 5.69 Å². The van der Waals surface area contributed by atoms with E-state index in [2.05, 4.69) is 10.4 Å². The highest BCUT2D eigenvalue weighted by atomic mass is 35.5. The molecule has 0 spiro atoms. The third-order valence-corrected chi connectivity index (χ3v) is 2.93. The van der Waals surface area contributed by atoms with Crippen molar-refractivity contribution in [3.63, 3.8) is 0 Å². The van der Waals surface area contributed by atoms with E-state index in [1.807, 2.05) is 29.9 Å². The van der Waals surface area contributed by atoms with Gasteiger partial charge in [0, 0.05) is 47.6 Å². The summed E-state index contributed by atoms with van der Waals surface area (Å²) in [6.45, 7) is 0.816. The summed E-state index contributed by atoms with van der Waals surface area (Å²) < 4.78 is 1.87. The first-order valence-electron chi connectivity index (χ1n) is 5.32. The number of benzene rings is 1. The van der Waals surface area contributed by atoms with Gasteiger partial charge in [0.1, 0.15) is 0 Å². The Hall–Kier alpha value is -1.19. The molecular formula is C12H13Cl2N3. The molecule has 5 heteroatoms. The van der Waals surface area contributed by atoms with Gasteiger partial charge in [-0.2, -0.15) is 5.10 Å². The molecule has 0 saturated carbocycles. The minimum Gasteiger partial charge on any atom is -0.385 e. The maximum atomic E-state index is 5.92. The molecule has 2 rings (SSSR count). The molecule has 0 aliphatic carbocycles. The molecule has 0 bridgehead atoms. The smallest absolute Gasteiger partial charge is 0.0492 e. The molecular weight excluding hydrogens is 257 g/mol. The van der Waals surface area contributed by atoms with Crippen LogP contribution < -0.4 is 5.32 Å². The second-order valence-electron chi connectivity index (χ2n) is 3.78. The molecule has 17 heavy (non-hydrogen) atoms. The standard InChI is InChI=1S/C12H13Cl2N3/c1-17-12(3-5-16-17)2-4-15-11-7-9(13)6-10(14)8-11/h3,5-8,15H,2,4H2,1H3. The van der Waals surface area contributed by atoms with Crippen LogP contribution in [-0.4, -0.2) is 16.3 Å². The van der Waals surface area contributed by atoms with Gasteiger partial charge in [-0.25, -0.2) is 0 Å². The molecule has 0 fully saturated rings. The number of anilines is 1. The van der Waals surface area contributed by atoms with E-state index < -0.39 is 0 Å². The zero-order valence-electron chi connectivity index (χ0n) is 9.45. The van der Waals surface area contributed by atoms with Gasteiger partial charge < -0.3 is 5.32 Å². The molecule has 1 heterocycles. The zero-order valence-corrected chi connectivity index (χ0v) is 11.0. The van der Waals surface area contributed by atoms with Gasteiger partial charge in [-0.15, -0.1) is 0 Å². The third kappa shape index (κ3) is 3.38. The van der Waals surface area contributed by atoms with E-state index in [1.165, 1.54) is 5.69 Å². The lowest BCUT2D eigenvalue weighted by Crippen LogP contribution is -2.08. The molecule has 0 amide bonds. The lowest BCUT2D eigenvalue weighted by Gasteiger charge is -2.07. The first-order chi connectivity index (χ1) is 8.15. The summed E-state index contributed by atoms with van der Waals surface area (Å²) in [6, 6.07) is 7.44. The fraction of sp³-hybridized carbons (Fsp3) is 0.250. The van der Waals surface area contributed by atoms with Crippen LogP contribution in [-0.2, 0) is 13.5 Å². The van der Waals surface area contributed by atoms with Crippen molar-refractivity contribution in [2.45, 2.75) is 6.42 Å². The maximum Gasteiger partial charge on any atom is 0.0492 e. The van der Waals surface area contributed by atoms with Crippen molar-refractivity contribution in [3.8, 4) is 0 Å². The lowest BCUT2D eigenvalue weighted by molar-refractivity contribution is 0.711. The lowest BCUT2D eigenvalue weighted by atomic mass is 10.3. The van der Waals surface area contributed by atoms with Crippen LogP contribution >= 0.6 is 23.2 Å². The van der Waals surface area contributed by atoms with Crippen LogP contribution in [0.1, 0.15) is 5.69 Å². The van der Waals surface area contributed by atoms with E-state index in [0.717, 1.165) is 18.7 Å². The van der Waals surface area contributed by atoms with Gasteiger partial charge >= 0.3 is 0 Å². The topological polar surface area (TPSA) is 29.9 Å². The van der Waals surface area contributed by atoms with E-state index in [1.54, 1.807) is 12.3 Å². The molecule has 0 saturated heterocycles. The zero-order chi connectivity index (χ0) is 12.3. The Morgan fingerprint density at radius 2 is 1.94 bits per heavy atom. The number of nitrogens with one attached hydrogen (secondary N) is 1. The highest BCUT2D eigenvalue weighted by Crippen LogP contribution is 2.22. The summed E-state index contributed by atoms with van der Waals surface area (Å²) in [5.74, 6) is 0. The molecule has 0 unspecified atom stereocenters. The Morgan fingerprint density at radius 1 is 1.24 bits per heavy atom. The summed E-state index contributed by atoms with van der Waals surface area (Å²) in [4.78, 5) is 0. The minimum atomic E-state index is 0.639. The normalized spacial score (nSPS) is 10.5. The fourth-order valence-corrected chi connectivity index (χ4v) is 2.16. The number of hydrogen-bond donors (Lipinski definition) is 1. The van der Waals surface area contributed by atoms with Crippen LogP contribution in [0.5, 0.6) is 0 Å². The number of aryl methyl sites for hydroxylation is 1. The van der Waals surface area contributed by atoms with Crippen LogP contribution in [0.3, 0.4) is 0 Å². The Bertz CT molecular complexity index is 488. The quantitative estimate of drug-likeness (QED) is 0.923. The highest BCUT2D eigenvalue weighted by Gasteiger charge is 2.00. The molecule has 0 aliphatic heterocycles. The van der Waals surface area contributed by atoms with Gasteiger partial charge in [0.25, 0.3) is 0 Å². The highest BCUT2D eigenvalue weighted by molar-refractivity contribution is 6.35. The van der Waals surface area contributed by atoms with Gasteiger partial charge in [0.05, 0.1) is 0 Å². The van der Waals surface area contributed by atoms with Gasteiger partial charge in [-0.3, -0.25) is 4.68 Å². The van der Waals surface area contributed by atoms with Crippen LogP contribution in [0.25, 0.3) is 0 Å². The first kappa shape index (κ1) is 12.3.